The van der Waals surface area contributed by atoms with Crippen LogP contribution in [0.5, 0.6) is 5.75 Å². The maximum Gasteiger partial charge on any atom is 0.251 e. The molecule has 3 rings (SSSR count). The number of carbonyl (C=O) groups is 1. The summed E-state index contributed by atoms with van der Waals surface area (Å²) in [7, 11) is 1.66. The molecule has 0 saturated carbocycles. The molecule has 0 spiro atoms. The number of hydrogen-bond donors (Lipinski definition) is 1. The molecule has 2 aromatic carbocycles. The molecular weight excluding hydrogens is 371 g/mol. The van der Waals surface area contributed by atoms with E-state index in [1.165, 1.54) is 18.4 Å². The number of hydrogen-bond acceptors (Lipinski definition) is 3. The zero-order valence-corrected chi connectivity index (χ0v) is 16.4. The predicted molar refractivity (Wildman–Crippen MR) is 108 cm³/mol. The molecule has 26 heavy (non-hydrogen) atoms. The highest BCUT2D eigenvalue weighted by Crippen LogP contribution is 2.26. The summed E-state index contributed by atoms with van der Waals surface area (Å²) in [6.07, 6.45) is 2.41. The quantitative estimate of drug-likeness (QED) is 0.791. The van der Waals surface area contributed by atoms with Crippen LogP contribution in [-0.2, 0) is 0 Å². The number of halogens is 2. The van der Waals surface area contributed by atoms with Crippen molar-refractivity contribution >= 4 is 29.9 Å². The third-order valence-electron chi connectivity index (χ3n) is 4.62. The van der Waals surface area contributed by atoms with Gasteiger partial charge in [-0.1, -0.05) is 29.8 Å². The van der Waals surface area contributed by atoms with Crippen molar-refractivity contribution in [3.63, 3.8) is 0 Å². The molecule has 1 fully saturated rings. The lowest BCUT2D eigenvalue weighted by Gasteiger charge is -2.28. The first-order valence-electron chi connectivity index (χ1n) is 8.59. The van der Waals surface area contributed by atoms with Crippen LogP contribution in [0.25, 0.3) is 0 Å². The molecule has 0 aromatic heterocycles. The van der Waals surface area contributed by atoms with Gasteiger partial charge in [0.25, 0.3) is 5.91 Å². The van der Waals surface area contributed by atoms with Gasteiger partial charge in [0.15, 0.2) is 0 Å². The van der Waals surface area contributed by atoms with Gasteiger partial charge in [-0.3, -0.25) is 9.69 Å². The van der Waals surface area contributed by atoms with E-state index in [1.54, 1.807) is 31.4 Å². The van der Waals surface area contributed by atoms with Gasteiger partial charge in [-0.2, -0.15) is 0 Å². The van der Waals surface area contributed by atoms with Gasteiger partial charge in [-0.15, -0.1) is 12.4 Å². The first-order valence-corrected chi connectivity index (χ1v) is 8.97. The second kappa shape index (κ2) is 9.81. The van der Waals surface area contributed by atoms with Crippen LogP contribution in [0.3, 0.4) is 0 Å². The zero-order valence-electron chi connectivity index (χ0n) is 14.8. The monoisotopic (exact) mass is 394 g/mol. The minimum atomic E-state index is -0.0970. The van der Waals surface area contributed by atoms with Gasteiger partial charge in [0.1, 0.15) is 5.75 Å². The summed E-state index contributed by atoms with van der Waals surface area (Å²) >= 11 is 5.98. The Morgan fingerprint density at radius 1 is 1.19 bits per heavy atom. The molecule has 1 aliphatic rings. The van der Waals surface area contributed by atoms with Crippen molar-refractivity contribution in [2.75, 3.05) is 26.7 Å². The molecule has 1 N–H and O–H groups in total. The van der Waals surface area contributed by atoms with Crippen LogP contribution in [0.1, 0.15) is 34.8 Å². The topological polar surface area (TPSA) is 41.6 Å². The Morgan fingerprint density at radius 2 is 1.88 bits per heavy atom. The lowest BCUT2D eigenvalue weighted by molar-refractivity contribution is 0.0938. The molecule has 1 saturated heterocycles. The number of amides is 1. The van der Waals surface area contributed by atoms with Gasteiger partial charge in [0, 0.05) is 17.1 Å². The maximum atomic E-state index is 12.4. The van der Waals surface area contributed by atoms with E-state index in [0.717, 1.165) is 18.8 Å². The van der Waals surface area contributed by atoms with Crippen molar-refractivity contribution in [1.82, 2.24) is 10.2 Å². The van der Waals surface area contributed by atoms with Gasteiger partial charge >= 0.3 is 0 Å². The standard InChI is InChI=1S/C20H23ClN2O2.ClH/c1-25-18-9-7-15(8-10-18)19(23-11-2-3-12-23)14-22-20(24)16-5-4-6-17(21)13-16;/h4-10,13,19H,2-3,11-12,14H2,1H3,(H,22,24);1H. The molecule has 1 atom stereocenters. The second-order valence-corrected chi connectivity index (χ2v) is 6.69. The normalized spacial score (nSPS) is 15.2. The average Bonchev–Trinajstić information content (AvgIpc) is 3.16. The summed E-state index contributed by atoms with van der Waals surface area (Å²) < 4.78 is 5.25. The fraction of sp³-hybridized carbons (Fsp3) is 0.350. The van der Waals surface area contributed by atoms with E-state index in [2.05, 4.69) is 22.3 Å². The molecule has 2 aromatic rings. The molecule has 4 nitrogen and oxygen atoms in total. The molecule has 1 heterocycles. The zero-order chi connectivity index (χ0) is 17.6. The van der Waals surface area contributed by atoms with Gasteiger partial charge < -0.3 is 10.1 Å². The Balaban J connectivity index is 0.00000243. The lowest BCUT2D eigenvalue weighted by atomic mass is 10.0. The van der Waals surface area contributed by atoms with E-state index in [0.29, 0.717) is 17.1 Å². The van der Waals surface area contributed by atoms with E-state index in [-0.39, 0.29) is 24.4 Å². The Bertz CT molecular complexity index is 716. The van der Waals surface area contributed by atoms with E-state index in [1.807, 2.05) is 12.1 Å². The molecule has 6 heteroatoms. The Kier molecular flexibility index (Phi) is 7.76. The number of ether oxygens (including phenoxy) is 1. The first-order chi connectivity index (χ1) is 12.2. The number of nitrogens with zero attached hydrogens (tertiary/aromatic N) is 1. The minimum absolute atomic E-state index is 0. The van der Waals surface area contributed by atoms with E-state index in [4.69, 9.17) is 16.3 Å². The van der Waals surface area contributed by atoms with Gasteiger partial charge in [-0.25, -0.2) is 0 Å². The van der Waals surface area contributed by atoms with Crippen LogP contribution in [-0.4, -0.2) is 37.6 Å². The molecule has 140 valence electrons. The van der Waals surface area contributed by atoms with E-state index < -0.39 is 0 Å². The molecule has 0 bridgehead atoms. The highest BCUT2D eigenvalue weighted by atomic mass is 35.5. The Labute approximate surface area is 165 Å². The van der Waals surface area contributed by atoms with Crippen LogP contribution >= 0.6 is 24.0 Å². The number of methoxy groups -OCH3 is 1. The first kappa shape index (κ1) is 20.6. The highest BCUT2D eigenvalue weighted by molar-refractivity contribution is 6.30. The molecule has 1 aliphatic heterocycles. The van der Waals surface area contributed by atoms with Gasteiger partial charge in [0.2, 0.25) is 0 Å². The summed E-state index contributed by atoms with van der Waals surface area (Å²) in [5, 5.41) is 3.63. The molecule has 0 radical (unpaired) electrons. The van der Waals surface area contributed by atoms with E-state index >= 15 is 0 Å². The van der Waals surface area contributed by atoms with Gasteiger partial charge in [-0.05, 0) is 61.8 Å². The predicted octanol–water partition coefficient (Wildman–Crippen LogP) is 4.34. The minimum Gasteiger partial charge on any atom is -0.497 e. The van der Waals surface area contributed by atoms with Crippen molar-refractivity contribution in [3.05, 3.63) is 64.7 Å². The largest absolute Gasteiger partial charge is 0.497 e. The summed E-state index contributed by atoms with van der Waals surface area (Å²) in [6.45, 7) is 2.69. The van der Waals surface area contributed by atoms with E-state index in [9.17, 15) is 4.79 Å². The Hall–Kier alpha value is -1.75. The molecular formula is C20H24Cl2N2O2. The van der Waals surface area contributed by atoms with Crippen molar-refractivity contribution in [2.24, 2.45) is 0 Å². The summed E-state index contributed by atoms with van der Waals surface area (Å²) in [6, 6.07) is 15.3. The number of benzene rings is 2. The maximum absolute atomic E-state index is 12.4. The van der Waals surface area contributed by atoms with Crippen LogP contribution < -0.4 is 10.1 Å². The number of carbonyl (C=O) groups excluding carboxylic acids is 1. The summed E-state index contributed by atoms with van der Waals surface area (Å²) in [4.78, 5) is 14.9. The average molecular weight is 395 g/mol. The van der Waals surface area contributed by atoms with Crippen LogP contribution in [0.2, 0.25) is 5.02 Å². The fourth-order valence-electron chi connectivity index (χ4n) is 3.26. The van der Waals surface area contributed by atoms with Crippen LogP contribution in [0.15, 0.2) is 48.5 Å². The summed E-state index contributed by atoms with van der Waals surface area (Å²) in [5.74, 6) is 0.743. The number of nitrogens with one attached hydrogen (secondary N) is 1. The fourth-order valence-corrected chi connectivity index (χ4v) is 3.45. The molecule has 0 aliphatic carbocycles. The highest BCUT2D eigenvalue weighted by Gasteiger charge is 2.24. The molecule has 1 amide bonds. The van der Waals surface area contributed by atoms with Crippen molar-refractivity contribution in [2.45, 2.75) is 18.9 Å². The van der Waals surface area contributed by atoms with Crippen LogP contribution in [0, 0.1) is 0 Å². The lowest BCUT2D eigenvalue weighted by Crippen LogP contribution is -2.36. The number of likely N-dealkylation sites (tertiary alicyclic amines) is 1. The van der Waals surface area contributed by atoms with Crippen LogP contribution in [0.4, 0.5) is 0 Å². The second-order valence-electron chi connectivity index (χ2n) is 6.25. The van der Waals surface area contributed by atoms with Crippen molar-refractivity contribution in [1.29, 1.82) is 0 Å². The smallest absolute Gasteiger partial charge is 0.251 e. The Morgan fingerprint density at radius 3 is 2.50 bits per heavy atom. The van der Waals surface area contributed by atoms with Crippen molar-refractivity contribution in [3.8, 4) is 5.75 Å². The number of rotatable bonds is 6. The van der Waals surface area contributed by atoms with Crippen molar-refractivity contribution < 1.29 is 9.53 Å². The third kappa shape index (κ3) is 5.13. The SMILES string of the molecule is COc1ccc(C(CNC(=O)c2cccc(Cl)c2)N2CCCC2)cc1.Cl. The van der Waals surface area contributed by atoms with Gasteiger partial charge in [0.05, 0.1) is 13.2 Å². The summed E-state index contributed by atoms with van der Waals surface area (Å²) in [5.41, 5.74) is 1.77. The molecule has 1 unspecified atom stereocenters. The third-order valence-corrected chi connectivity index (χ3v) is 4.86.